The third kappa shape index (κ3) is 62.2. The molecule has 0 N–H and O–H groups in total. The normalized spacial score (nSPS) is 13.2. The number of nitrogens with zero attached hydrogens (tertiary/aromatic N) is 1. The van der Waals surface area contributed by atoms with Crippen molar-refractivity contribution in [1.29, 1.82) is 0 Å². The van der Waals surface area contributed by atoms with E-state index in [0.717, 1.165) is 77.0 Å². The summed E-state index contributed by atoms with van der Waals surface area (Å²) in [6, 6.07) is 0. The maximum absolute atomic E-state index is 12.9. The number of allylic oxidation sites excluding steroid dienone is 12. The predicted octanol–water partition coefficient (Wildman–Crippen LogP) is 18.8. The Morgan fingerprint density at radius 3 is 1.08 bits per heavy atom. The summed E-state index contributed by atoms with van der Waals surface area (Å²) in [5.41, 5.74) is 0. The predicted molar refractivity (Wildman–Crippen MR) is 334 cm³/mol. The van der Waals surface area contributed by atoms with Crippen molar-refractivity contribution in [2.24, 2.45) is 0 Å². The third-order valence-corrected chi connectivity index (χ3v) is 14.4. The van der Waals surface area contributed by atoms with Crippen LogP contribution >= 0.6 is 0 Å². The zero-order valence-electron chi connectivity index (χ0n) is 52.2. The van der Waals surface area contributed by atoms with Crippen molar-refractivity contribution in [2.75, 3.05) is 47.5 Å². The van der Waals surface area contributed by atoms with Crippen LogP contribution in [0.2, 0.25) is 0 Å². The van der Waals surface area contributed by atoms with Gasteiger partial charge in [-0.2, -0.15) is 0 Å². The second-order valence-corrected chi connectivity index (χ2v) is 23.4. The van der Waals surface area contributed by atoms with Crippen molar-refractivity contribution in [3.63, 3.8) is 0 Å². The Kier molecular flexibility index (Phi) is 58.3. The van der Waals surface area contributed by atoms with E-state index in [-0.39, 0.29) is 38.6 Å². The minimum Gasteiger partial charge on any atom is -0.545 e. The standard InChI is InChI=1S/C70H125NO8/c1-6-8-10-12-14-16-18-20-22-24-25-26-27-28-29-30-31-32-33-34-35-36-37-38-39-40-41-42-43-45-47-49-51-53-55-57-59-61-68(73)79-66(65-78-70(69(74)75)76-63-62-71(3,4)5)64-77-67(72)60-58-56-54-52-50-48-46-44-23-21-19-17-15-13-11-9-7-2/h9,11,15,17-18,20-21,23-25,27-28,66,70H,6-8,10,12-14,16,19,22,26,29-65H2,1-5H3/b11-9-,17-15-,20-18-,23-21-,25-24-,28-27-. The molecule has 0 spiro atoms. The summed E-state index contributed by atoms with van der Waals surface area (Å²) < 4.78 is 22.7. The van der Waals surface area contributed by atoms with Crippen molar-refractivity contribution in [3.8, 4) is 0 Å². The van der Waals surface area contributed by atoms with Crippen molar-refractivity contribution < 1.29 is 42.9 Å². The summed E-state index contributed by atoms with van der Waals surface area (Å²) >= 11 is 0. The number of carboxylic acids is 1. The summed E-state index contributed by atoms with van der Waals surface area (Å²) in [5, 5.41) is 11.8. The van der Waals surface area contributed by atoms with E-state index in [1.54, 1.807) is 0 Å². The van der Waals surface area contributed by atoms with Crippen LogP contribution in [-0.4, -0.2) is 82.3 Å². The topological polar surface area (TPSA) is 111 Å². The van der Waals surface area contributed by atoms with Crippen LogP contribution in [0, 0.1) is 0 Å². The number of hydrogen-bond donors (Lipinski definition) is 0. The smallest absolute Gasteiger partial charge is 0.306 e. The molecule has 9 heteroatoms. The van der Waals surface area contributed by atoms with Crippen LogP contribution in [0.5, 0.6) is 0 Å². The molecule has 2 unspecified atom stereocenters. The Hall–Kier alpha value is -3.27. The molecule has 0 aliphatic heterocycles. The first kappa shape index (κ1) is 75.7. The number of hydrogen-bond acceptors (Lipinski definition) is 8. The highest BCUT2D eigenvalue weighted by Crippen LogP contribution is 2.17. The average molecular weight is 1110 g/mol. The fourth-order valence-corrected chi connectivity index (χ4v) is 9.38. The molecule has 0 aromatic rings. The fraction of sp³-hybridized carbons (Fsp3) is 0.786. The highest BCUT2D eigenvalue weighted by molar-refractivity contribution is 5.70. The van der Waals surface area contributed by atoms with E-state index in [2.05, 4.69) is 86.8 Å². The Labute approximate surface area is 487 Å². The number of carboxylic acid groups (broad SMARTS) is 1. The second kappa shape index (κ2) is 60.8. The van der Waals surface area contributed by atoms with Gasteiger partial charge >= 0.3 is 11.9 Å². The van der Waals surface area contributed by atoms with Crippen LogP contribution in [0.15, 0.2) is 72.9 Å². The van der Waals surface area contributed by atoms with E-state index >= 15 is 0 Å². The molecule has 0 fully saturated rings. The van der Waals surface area contributed by atoms with Crippen molar-refractivity contribution in [2.45, 2.75) is 309 Å². The zero-order valence-corrected chi connectivity index (χ0v) is 52.2. The number of unbranched alkanes of at least 4 members (excludes halogenated alkanes) is 34. The number of carbonyl (C=O) groups excluding carboxylic acids is 3. The van der Waals surface area contributed by atoms with E-state index in [4.69, 9.17) is 18.9 Å². The van der Waals surface area contributed by atoms with Gasteiger partial charge in [0.05, 0.1) is 40.3 Å². The molecule has 0 aliphatic carbocycles. The molecule has 0 saturated heterocycles. The van der Waals surface area contributed by atoms with Crippen LogP contribution in [0.4, 0.5) is 0 Å². The first-order chi connectivity index (χ1) is 38.6. The molecule has 0 aromatic carbocycles. The summed E-state index contributed by atoms with van der Waals surface area (Å²) in [6.45, 7) is 4.64. The number of esters is 2. The van der Waals surface area contributed by atoms with Crippen LogP contribution in [0.25, 0.3) is 0 Å². The molecule has 0 heterocycles. The monoisotopic (exact) mass is 1110 g/mol. The van der Waals surface area contributed by atoms with E-state index in [1.165, 1.54) is 186 Å². The lowest BCUT2D eigenvalue weighted by atomic mass is 10.0. The van der Waals surface area contributed by atoms with Crippen molar-refractivity contribution >= 4 is 17.9 Å². The van der Waals surface area contributed by atoms with Crippen LogP contribution < -0.4 is 5.11 Å². The quantitative estimate of drug-likeness (QED) is 0.0195. The number of likely N-dealkylation sites (N-methyl/N-ethyl adjacent to an activating group) is 1. The number of quaternary nitrogens is 1. The minimum atomic E-state index is -1.62. The highest BCUT2D eigenvalue weighted by atomic mass is 16.7. The molecule has 0 radical (unpaired) electrons. The Morgan fingerprint density at radius 1 is 0.392 bits per heavy atom. The molecule has 0 aliphatic rings. The summed E-state index contributed by atoms with van der Waals surface area (Å²) in [5.74, 6) is -2.29. The van der Waals surface area contributed by atoms with E-state index in [9.17, 15) is 19.5 Å². The highest BCUT2D eigenvalue weighted by Gasteiger charge is 2.22. The van der Waals surface area contributed by atoms with Gasteiger partial charge in [0.15, 0.2) is 12.4 Å². The SMILES string of the molecule is CC/C=C\C/C=C\C/C=C\CCCCCCCCCC(=O)OCC(COC(OCC[N+](C)(C)C)C(=O)[O-])OC(=O)CCCCCCCCCCCCCCCCCCCCCCCC/C=C\C/C=C\C/C=C\CCCCCCC. The lowest BCUT2D eigenvalue weighted by molar-refractivity contribution is -0.870. The fourth-order valence-electron chi connectivity index (χ4n) is 9.38. The average Bonchev–Trinajstić information content (AvgIpc) is 3.42. The van der Waals surface area contributed by atoms with Crippen molar-refractivity contribution in [3.05, 3.63) is 72.9 Å². The van der Waals surface area contributed by atoms with Gasteiger partial charge in [0.2, 0.25) is 0 Å². The van der Waals surface area contributed by atoms with Gasteiger partial charge in [0, 0.05) is 12.8 Å². The first-order valence-corrected chi connectivity index (χ1v) is 33.1. The molecule has 0 amide bonds. The molecule has 458 valence electrons. The molecule has 2 atom stereocenters. The summed E-state index contributed by atoms with van der Waals surface area (Å²) in [4.78, 5) is 37.4. The second-order valence-electron chi connectivity index (χ2n) is 23.4. The van der Waals surface area contributed by atoms with Crippen LogP contribution in [0.1, 0.15) is 296 Å². The van der Waals surface area contributed by atoms with E-state index < -0.39 is 24.3 Å². The number of aliphatic carboxylic acids is 1. The van der Waals surface area contributed by atoms with Crippen LogP contribution in [-0.2, 0) is 33.3 Å². The Balaban J connectivity index is 4.02. The van der Waals surface area contributed by atoms with Gasteiger partial charge in [-0.15, -0.1) is 0 Å². The van der Waals surface area contributed by atoms with Gasteiger partial charge in [-0.3, -0.25) is 9.59 Å². The van der Waals surface area contributed by atoms with E-state index in [1.807, 2.05) is 21.1 Å². The molecule has 0 rings (SSSR count). The van der Waals surface area contributed by atoms with Gasteiger partial charge in [0.1, 0.15) is 13.2 Å². The lowest BCUT2D eigenvalue weighted by Gasteiger charge is -2.26. The zero-order chi connectivity index (χ0) is 57.6. The summed E-state index contributed by atoms with van der Waals surface area (Å²) in [6.07, 6.45) is 77.0. The van der Waals surface area contributed by atoms with Crippen molar-refractivity contribution in [1.82, 2.24) is 0 Å². The molecule has 0 aromatic heterocycles. The van der Waals surface area contributed by atoms with E-state index in [0.29, 0.717) is 17.4 Å². The van der Waals surface area contributed by atoms with Gasteiger partial charge in [-0.25, -0.2) is 0 Å². The van der Waals surface area contributed by atoms with Crippen LogP contribution in [0.3, 0.4) is 0 Å². The third-order valence-electron chi connectivity index (χ3n) is 14.4. The largest absolute Gasteiger partial charge is 0.545 e. The number of ether oxygens (including phenoxy) is 4. The first-order valence-electron chi connectivity index (χ1n) is 33.1. The molecular weight excluding hydrogens is 983 g/mol. The molecule has 9 nitrogen and oxygen atoms in total. The lowest BCUT2D eigenvalue weighted by Crippen LogP contribution is -2.44. The molecule has 0 saturated carbocycles. The molecular formula is C70H125NO8. The number of carbonyl (C=O) groups is 3. The maximum Gasteiger partial charge on any atom is 0.306 e. The van der Waals surface area contributed by atoms with Gasteiger partial charge in [0.25, 0.3) is 0 Å². The Morgan fingerprint density at radius 2 is 0.722 bits per heavy atom. The van der Waals surface area contributed by atoms with Gasteiger partial charge < -0.3 is 33.3 Å². The molecule has 0 bridgehead atoms. The Bertz CT molecular complexity index is 1520. The maximum atomic E-state index is 12.9. The minimum absolute atomic E-state index is 0.145. The molecule has 79 heavy (non-hydrogen) atoms. The van der Waals surface area contributed by atoms with Gasteiger partial charge in [-0.05, 0) is 83.5 Å². The van der Waals surface area contributed by atoms with Gasteiger partial charge in [-0.1, -0.05) is 273 Å². The summed E-state index contributed by atoms with van der Waals surface area (Å²) in [7, 11) is 5.92. The number of rotatable bonds is 61.